The fourth-order valence-electron chi connectivity index (χ4n) is 2.19. The third-order valence-electron chi connectivity index (χ3n) is 3.50. The number of hydrogen-bond donors (Lipinski definition) is 3. The molecule has 0 saturated carbocycles. The summed E-state index contributed by atoms with van der Waals surface area (Å²) >= 11 is 0. The fourth-order valence-corrected chi connectivity index (χ4v) is 2.19. The largest absolute Gasteiger partial charge is 0.481 e. The van der Waals surface area contributed by atoms with E-state index >= 15 is 0 Å². The lowest BCUT2D eigenvalue weighted by Gasteiger charge is -2.19. The van der Waals surface area contributed by atoms with Gasteiger partial charge < -0.3 is 19.9 Å². The van der Waals surface area contributed by atoms with E-state index in [0.717, 1.165) is 11.5 Å². The summed E-state index contributed by atoms with van der Waals surface area (Å²) in [6.07, 6.45) is -0.385. The molecule has 0 fully saturated rings. The molecule has 0 bridgehead atoms. The van der Waals surface area contributed by atoms with Crippen LogP contribution in [0.15, 0.2) is 15.9 Å². The van der Waals surface area contributed by atoms with Crippen LogP contribution in [0.2, 0.25) is 0 Å². The van der Waals surface area contributed by atoms with Crippen molar-refractivity contribution in [3.05, 3.63) is 27.2 Å². The summed E-state index contributed by atoms with van der Waals surface area (Å²) in [6.45, 7) is -1.59. The van der Waals surface area contributed by atoms with Gasteiger partial charge in [-0.1, -0.05) is 0 Å². The van der Waals surface area contributed by atoms with Crippen molar-refractivity contribution in [2.75, 3.05) is 0 Å². The highest BCUT2D eigenvalue weighted by Crippen LogP contribution is 2.16. The van der Waals surface area contributed by atoms with Crippen LogP contribution in [0.5, 0.6) is 0 Å². The lowest BCUT2D eigenvalue weighted by atomic mass is 9.94. The van der Waals surface area contributed by atoms with Crippen LogP contribution in [-0.4, -0.2) is 57.3 Å². The number of aryl methyl sites for hydroxylation is 2. The number of fused-ring (bicyclic) bond motifs is 1. The predicted octanol–water partition coefficient (Wildman–Crippen LogP) is -1.77. The SMILES string of the molecule is CC(=O)CC(O)(CC(=O)O)C(=O)O.[2H]C([2H])([2H])n1c(=O)n(C)c(=O)c2c1ncn2C. The second-order valence-electron chi connectivity index (χ2n) is 5.80. The first kappa shape index (κ1) is 17.1. The van der Waals surface area contributed by atoms with Crippen LogP contribution < -0.4 is 11.2 Å². The van der Waals surface area contributed by atoms with Crippen LogP contribution in [0.25, 0.3) is 11.2 Å². The first-order valence-corrected chi connectivity index (χ1v) is 7.33. The molecule has 2 aromatic rings. The molecular weight excluding hydrogens is 364 g/mol. The molecule has 0 saturated heterocycles. The number of carbonyl (C=O) groups excluding carboxylic acids is 1. The Balaban J connectivity index is 0.000000314. The number of rotatable bonds is 5. The monoisotopic (exact) mass is 387 g/mol. The highest BCUT2D eigenvalue weighted by molar-refractivity contribution is 5.90. The van der Waals surface area contributed by atoms with Crippen molar-refractivity contribution >= 4 is 28.9 Å². The molecular formula is C15H20N4O8. The van der Waals surface area contributed by atoms with E-state index in [2.05, 4.69) is 4.98 Å². The Bertz CT molecular complexity index is 1100. The van der Waals surface area contributed by atoms with Gasteiger partial charge in [-0.05, 0) is 6.92 Å². The smallest absolute Gasteiger partial charge is 0.336 e. The van der Waals surface area contributed by atoms with Gasteiger partial charge in [-0.3, -0.25) is 23.5 Å². The normalized spacial score (nSPS) is 14.9. The molecule has 0 aliphatic heterocycles. The molecule has 12 heteroatoms. The van der Waals surface area contributed by atoms with E-state index in [1.807, 2.05) is 0 Å². The zero-order valence-corrected chi connectivity index (χ0v) is 14.7. The van der Waals surface area contributed by atoms with Crippen molar-refractivity contribution in [1.82, 2.24) is 18.7 Å². The van der Waals surface area contributed by atoms with Crippen molar-refractivity contribution < 1.29 is 33.8 Å². The zero-order valence-electron chi connectivity index (χ0n) is 17.7. The summed E-state index contributed by atoms with van der Waals surface area (Å²) in [5.41, 5.74) is -3.99. The zero-order chi connectivity index (χ0) is 23.6. The molecule has 12 nitrogen and oxygen atoms in total. The van der Waals surface area contributed by atoms with Gasteiger partial charge in [0.25, 0.3) is 5.56 Å². The number of carboxylic acids is 2. The van der Waals surface area contributed by atoms with Crippen molar-refractivity contribution in [3.63, 3.8) is 0 Å². The van der Waals surface area contributed by atoms with Gasteiger partial charge in [0.05, 0.1) is 12.7 Å². The Morgan fingerprint density at radius 2 is 1.78 bits per heavy atom. The molecule has 0 aliphatic rings. The van der Waals surface area contributed by atoms with Gasteiger partial charge in [-0.25, -0.2) is 14.6 Å². The summed E-state index contributed by atoms with van der Waals surface area (Å²) in [5, 5.41) is 26.0. The van der Waals surface area contributed by atoms with Crippen molar-refractivity contribution in [1.29, 1.82) is 0 Å². The highest BCUT2D eigenvalue weighted by Gasteiger charge is 2.39. The van der Waals surface area contributed by atoms with Crippen LogP contribution >= 0.6 is 0 Å². The minimum absolute atomic E-state index is 0.0863. The molecule has 2 rings (SSSR count). The molecule has 2 aromatic heterocycles. The molecule has 3 N–H and O–H groups in total. The third kappa shape index (κ3) is 4.67. The Morgan fingerprint density at radius 1 is 1.19 bits per heavy atom. The Morgan fingerprint density at radius 3 is 2.22 bits per heavy atom. The molecule has 0 aliphatic carbocycles. The van der Waals surface area contributed by atoms with E-state index in [9.17, 15) is 29.1 Å². The lowest BCUT2D eigenvalue weighted by molar-refractivity contribution is -0.167. The number of ketones is 1. The van der Waals surface area contributed by atoms with Crippen LogP contribution in [0.1, 0.15) is 23.9 Å². The summed E-state index contributed by atoms with van der Waals surface area (Å²) in [6, 6.07) is 0. The first-order chi connectivity index (χ1) is 13.5. The first-order valence-electron chi connectivity index (χ1n) is 8.83. The van der Waals surface area contributed by atoms with E-state index in [-0.39, 0.29) is 11.2 Å². The standard InChI is InChI=1S/C8H10N4O2.C7H10O6/c1-10-4-9-6-5(10)7(13)12(3)8(14)11(6)2;1-4(8)2-7(13,6(11)12)3-5(9)10/h4H,1-3H3;13H,2-3H2,1H3,(H,9,10)(H,11,12)/i2D3;. The number of Topliss-reactive ketones (excluding diaryl/α,β-unsaturated/α-hetero) is 1. The van der Waals surface area contributed by atoms with Crippen molar-refractivity contribution in [3.8, 4) is 0 Å². The van der Waals surface area contributed by atoms with Gasteiger partial charge in [-0.2, -0.15) is 0 Å². The van der Waals surface area contributed by atoms with Gasteiger partial charge in [0.2, 0.25) is 0 Å². The minimum Gasteiger partial charge on any atom is -0.481 e. The van der Waals surface area contributed by atoms with Gasteiger partial charge in [0.1, 0.15) is 5.78 Å². The summed E-state index contributed by atoms with van der Waals surface area (Å²) in [4.78, 5) is 58.5. The second kappa shape index (κ2) is 7.95. The molecule has 27 heavy (non-hydrogen) atoms. The van der Waals surface area contributed by atoms with Crippen LogP contribution in [-0.2, 0) is 35.5 Å². The third-order valence-corrected chi connectivity index (χ3v) is 3.50. The second-order valence-corrected chi connectivity index (χ2v) is 5.80. The van der Waals surface area contributed by atoms with E-state index in [4.69, 9.17) is 14.3 Å². The maximum absolute atomic E-state index is 11.8. The molecule has 0 radical (unpaired) electrons. The molecule has 0 amide bonds. The Labute approximate surface area is 156 Å². The number of carbonyl (C=O) groups is 3. The van der Waals surface area contributed by atoms with E-state index < -0.39 is 54.4 Å². The van der Waals surface area contributed by atoms with Crippen molar-refractivity contribution in [2.45, 2.75) is 25.4 Å². The predicted molar refractivity (Wildman–Crippen MR) is 91.3 cm³/mol. The summed E-state index contributed by atoms with van der Waals surface area (Å²) in [5.74, 6) is -3.75. The minimum atomic E-state index is -2.67. The van der Waals surface area contributed by atoms with Gasteiger partial charge in [0.15, 0.2) is 16.8 Å². The van der Waals surface area contributed by atoms with Crippen LogP contribution in [0.3, 0.4) is 0 Å². The lowest BCUT2D eigenvalue weighted by Crippen LogP contribution is -2.42. The molecule has 1 unspecified atom stereocenters. The quantitative estimate of drug-likeness (QED) is 0.536. The van der Waals surface area contributed by atoms with Gasteiger partial charge in [0, 0.05) is 31.6 Å². The van der Waals surface area contributed by atoms with Gasteiger partial charge >= 0.3 is 17.6 Å². The maximum atomic E-state index is 11.8. The molecule has 2 heterocycles. The molecule has 148 valence electrons. The molecule has 0 spiro atoms. The van der Waals surface area contributed by atoms with Crippen LogP contribution in [0.4, 0.5) is 0 Å². The summed E-state index contributed by atoms with van der Waals surface area (Å²) in [7, 11) is 2.80. The highest BCUT2D eigenvalue weighted by atomic mass is 16.4. The van der Waals surface area contributed by atoms with E-state index in [1.165, 1.54) is 17.9 Å². The number of nitrogens with zero attached hydrogens (tertiary/aromatic N) is 4. The molecule has 0 aromatic carbocycles. The number of aromatic nitrogens is 4. The van der Waals surface area contributed by atoms with Crippen molar-refractivity contribution in [2.24, 2.45) is 21.1 Å². The van der Waals surface area contributed by atoms with E-state index in [1.54, 1.807) is 7.05 Å². The van der Waals surface area contributed by atoms with Crippen LogP contribution in [0, 0.1) is 0 Å². The maximum Gasteiger partial charge on any atom is 0.336 e. The average Bonchev–Trinajstić information content (AvgIpc) is 2.92. The number of aliphatic carboxylic acids is 2. The number of hydrogen-bond acceptors (Lipinski definition) is 7. The number of imidazole rings is 1. The number of aliphatic hydroxyl groups is 1. The Hall–Kier alpha value is -3.28. The fraction of sp³-hybridized carbons (Fsp3) is 0.467. The average molecular weight is 387 g/mol. The Kier molecular flexibility index (Phi) is 5.05. The summed E-state index contributed by atoms with van der Waals surface area (Å²) < 4.78 is 24.6. The van der Waals surface area contributed by atoms with Gasteiger partial charge in [-0.15, -0.1) is 0 Å². The molecule has 1 atom stereocenters. The van der Waals surface area contributed by atoms with E-state index in [0.29, 0.717) is 4.57 Å². The topological polar surface area (TPSA) is 174 Å². The number of carboxylic acid groups (broad SMARTS) is 2.